The van der Waals surface area contributed by atoms with Crippen LogP contribution in [0.2, 0.25) is 0 Å². The molecule has 0 aliphatic heterocycles. The molecule has 0 amide bonds. The summed E-state index contributed by atoms with van der Waals surface area (Å²) in [7, 11) is 0. The standard InChI is InChI=1S/C7H8N2OS/c8-3-5-1-2-7(11-5)6(10)4-9/h1-2,6,10H,4,9H2/t6-/m1/s1. The van der Waals surface area contributed by atoms with Crippen molar-refractivity contribution in [3.8, 4) is 6.07 Å². The van der Waals surface area contributed by atoms with E-state index in [9.17, 15) is 5.11 Å². The minimum atomic E-state index is -0.623. The van der Waals surface area contributed by atoms with Crippen molar-refractivity contribution in [1.29, 1.82) is 5.26 Å². The van der Waals surface area contributed by atoms with Crippen molar-refractivity contribution in [2.75, 3.05) is 6.54 Å². The first kappa shape index (κ1) is 8.21. The number of aliphatic hydroxyl groups is 1. The second-order valence-electron chi connectivity index (χ2n) is 2.07. The lowest BCUT2D eigenvalue weighted by atomic mass is 10.3. The van der Waals surface area contributed by atoms with Crippen molar-refractivity contribution in [3.63, 3.8) is 0 Å². The van der Waals surface area contributed by atoms with E-state index in [0.29, 0.717) is 4.88 Å². The lowest BCUT2D eigenvalue weighted by molar-refractivity contribution is 0.190. The van der Waals surface area contributed by atoms with Crippen LogP contribution in [0.15, 0.2) is 12.1 Å². The molecule has 0 aromatic carbocycles. The van der Waals surface area contributed by atoms with Crippen molar-refractivity contribution in [1.82, 2.24) is 0 Å². The SMILES string of the molecule is N#Cc1ccc([C@H](O)CN)s1. The van der Waals surface area contributed by atoms with Crippen LogP contribution in [0.4, 0.5) is 0 Å². The Balaban J connectivity index is 2.82. The van der Waals surface area contributed by atoms with Gasteiger partial charge < -0.3 is 10.8 Å². The first-order valence-corrected chi connectivity index (χ1v) is 3.97. The fraction of sp³-hybridized carbons (Fsp3) is 0.286. The maximum absolute atomic E-state index is 9.21. The third-order valence-corrected chi connectivity index (χ3v) is 2.38. The van der Waals surface area contributed by atoms with Crippen molar-refractivity contribution in [3.05, 3.63) is 21.9 Å². The summed E-state index contributed by atoms with van der Waals surface area (Å²) in [5.74, 6) is 0. The molecule has 0 radical (unpaired) electrons. The molecule has 1 rings (SSSR count). The maximum atomic E-state index is 9.21. The molecule has 0 unspecified atom stereocenters. The monoisotopic (exact) mass is 168 g/mol. The summed E-state index contributed by atoms with van der Waals surface area (Å²) in [6, 6.07) is 5.40. The number of nitriles is 1. The Bertz CT molecular complexity index is 276. The van der Waals surface area contributed by atoms with E-state index in [-0.39, 0.29) is 6.54 Å². The fourth-order valence-electron chi connectivity index (χ4n) is 0.708. The van der Waals surface area contributed by atoms with Crippen molar-refractivity contribution >= 4 is 11.3 Å². The Kier molecular flexibility index (Phi) is 2.60. The Morgan fingerprint density at radius 1 is 1.73 bits per heavy atom. The van der Waals surface area contributed by atoms with Crippen LogP contribution in [0.3, 0.4) is 0 Å². The van der Waals surface area contributed by atoms with Gasteiger partial charge in [-0.1, -0.05) is 0 Å². The van der Waals surface area contributed by atoms with Crippen molar-refractivity contribution < 1.29 is 5.11 Å². The second-order valence-corrected chi connectivity index (χ2v) is 3.18. The third-order valence-electron chi connectivity index (χ3n) is 1.29. The summed E-state index contributed by atoms with van der Waals surface area (Å²) < 4.78 is 0. The summed E-state index contributed by atoms with van der Waals surface area (Å²) in [6.45, 7) is 0.200. The maximum Gasteiger partial charge on any atom is 0.110 e. The fourth-order valence-corrected chi connectivity index (χ4v) is 1.51. The molecule has 58 valence electrons. The Hall–Kier alpha value is -0.890. The van der Waals surface area contributed by atoms with Crippen LogP contribution in [-0.4, -0.2) is 11.7 Å². The van der Waals surface area contributed by atoms with Gasteiger partial charge in [-0.25, -0.2) is 0 Å². The van der Waals surface area contributed by atoms with E-state index in [0.717, 1.165) is 4.88 Å². The molecule has 3 nitrogen and oxygen atoms in total. The van der Waals surface area contributed by atoms with Gasteiger partial charge in [0.2, 0.25) is 0 Å². The van der Waals surface area contributed by atoms with Crippen LogP contribution >= 0.6 is 11.3 Å². The Morgan fingerprint density at radius 2 is 2.45 bits per heavy atom. The number of thiophene rings is 1. The molecular weight excluding hydrogens is 160 g/mol. The molecular formula is C7H8N2OS. The van der Waals surface area contributed by atoms with Crippen molar-refractivity contribution in [2.45, 2.75) is 6.10 Å². The van der Waals surface area contributed by atoms with E-state index in [4.69, 9.17) is 11.0 Å². The highest BCUT2D eigenvalue weighted by atomic mass is 32.1. The molecule has 1 aromatic heterocycles. The van der Waals surface area contributed by atoms with Gasteiger partial charge in [0.15, 0.2) is 0 Å². The molecule has 1 aromatic rings. The van der Waals surface area contributed by atoms with Crippen LogP contribution < -0.4 is 5.73 Å². The van der Waals surface area contributed by atoms with Gasteiger partial charge in [-0.15, -0.1) is 11.3 Å². The second kappa shape index (κ2) is 3.49. The lowest BCUT2D eigenvalue weighted by Gasteiger charge is -2.01. The average molecular weight is 168 g/mol. The summed E-state index contributed by atoms with van der Waals surface area (Å²) in [4.78, 5) is 1.36. The minimum Gasteiger partial charge on any atom is -0.386 e. The molecule has 0 aliphatic carbocycles. The van der Waals surface area contributed by atoms with Crippen LogP contribution in [0.1, 0.15) is 15.9 Å². The molecule has 0 saturated heterocycles. The topological polar surface area (TPSA) is 70.0 Å². The first-order chi connectivity index (χ1) is 5.27. The molecule has 0 spiro atoms. The van der Waals surface area contributed by atoms with Gasteiger partial charge in [0, 0.05) is 11.4 Å². The lowest BCUT2D eigenvalue weighted by Crippen LogP contribution is -2.09. The van der Waals surface area contributed by atoms with E-state index in [1.165, 1.54) is 11.3 Å². The quantitative estimate of drug-likeness (QED) is 0.679. The third kappa shape index (κ3) is 1.77. The number of aliphatic hydroxyl groups excluding tert-OH is 1. The van der Waals surface area contributed by atoms with Gasteiger partial charge in [0.1, 0.15) is 17.1 Å². The molecule has 1 atom stereocenters. The highest BCUT2D eigenvalue weighted by Gasteiger charge is 2.07. The number of nitrogens with two attached hydrogens (primary N) is 1. The van der Waals surface area contributed by atoms with Crippen molar-refractivity contribution in [2.24, 2.45) is 5.73 Å². The first-order valence-electron chi connectivity index (χ1n) is 3.16. The van der Waals surface area contributed by atoms with Gasteiger partial charge in [0.25, 0.3) is 0 Å². The van der Waals surface area contributed by atoms with Crippen LogP contribution in [0, 0.1) is 11.3 Å². The van der Waals surface area contributed by atoms with Gasteiger partial charge in [-0.2, -0.15) is 5.26 Å². The highest BCUT2D eigenvalue weighted by Crippen LogP contribution is 2.21. The van der Waals surface area contributed by atoms with Gasteiger partial charge in [-0.05, 0) is 12.1 Å². The Morgan fingerprint density at radius 3 is 2.91 bits per heavy atom. The average Bonchev–Trinajstić information content (AvgIpc) is 2.50. The summed E-state index contributed by atoms with van der Waals surface area (Å²) in [6.07, 6.45) is -0.623. The summed E-state index contributed by atoms with van der Waals surface area (Å²) in [5.41, 5.74) is 5.23. The molecule has 3 N–H and O–H groups in total. The van der Waals surface area contributed by atoms with E-state index in [2.05, 4.69) is 0 Å². The zero-order valence-corrected chi connectivity index (χ0v) is 6.64. The van der Waals surface area contributed by atoms with E-state index < -0.39 is 6.10 Å². The van der Waals surface area contributed by atoms with E-state index in [1.807, 2.05) is 6.07 Å². The molecule has 0 bridgehead atoms. The number of hydrogen-bond acceptors (Lipinski definition) is 4. The van der Waals surface area contributed by atoms with E-state index >= 15 is 0 Å². The summed E-state index contributed by atoms with van der Waals surface area (Å²) in [5, 5.41) is 17.7. The zero-order valence-electron chi connectivity index (χ0n) is 5.82. The minimum absolute atomic E-state index is 0.200. The van der Waals surface area contributed by atoms with E-state index in [1.54, 1.807) is 12.1 Å². The largest absolute Gasteiger partial charge is 0.386 e. The van der Waals surface area contributed by atoms with Crippen LogP contribution in [0.5, 0.6) is 0 Å². The van der Waals surface area contributed by atoms with Crippen LogP contribution in [-0.2, 0) is 0 Å². The molecule has 0 fully saturated rings. The molecule has 1 heterocycles. The number of hydrogen-bond donors (Lipinski definition) is 2. The normalized spacial score (nSPS) is 12.5. The highest BCUT2D eigenvalue weighted by molar-refractivity contribution is 7.12. The number of rotatable bonds is 2. The summed E-state index contributed by atoms with van der Waals surface area (Å²) >= 11 is 1.27. The van der Waals surface area contributed by atoms with Gasteiger partial charge >= 0.3 is 0 Å². The van der Waals surface area contributed by atoms with Crippen LogP contribution in [0.25, 0.3) is 0 Å². The molecule has 0 saturated carbocycles. The predicted octanol–water partition coefficient (Wildman–Crippen LogP) is 0.612. The molecule has 4 heteroatoms. The zero-order chi connectivity index (χ0) is 8.27. The molecule has 11 heavy (non-hydrogen) atoms. The predicted molar refractivity (Wildman–Crippen MR) is 43.0 cm³/mol. The van der Waals surface area contributed by atoms with Gasteiger partial charge in [-0.3, -0.25) is 0 Å². The van der Waals surface area contributed by atoms with Gasteiger partial charge in [0.05, 0.1) is 0 Å². The smallest absolute Gasteiger partial charge is 0.110 e. The molecule has 0 aliphatic rings. The number of nitrogens with zero attached hydrogens (tertiary/aromatic N) is 1. The Labute approximate surface area is 68.7 Å².